The van der Waals surface area contributed by atoms with Crippen LogP contribution in [0.25, 0.3) is 11.3 Å². The van der Waals surface area contributed by atoms with E-state index in [1.54, 1.807) is 12.1 Å². The molecule has 0 radical (unpaired) electrons. The molecule has 1 aliphatic heterocycles. The molecule has 3 amide bonds. The van der Waals surface area contributed by atoms with Crippen LogP contribution < -0.4 is 26.2 Å². The number of carbonyl (C=O) groups is 2. The number of hydrogen-bond acceptors (Lipinski definition) is 6. The number of amides is 3. The summed E-state index contributed by atoms with van der Waals surface area (Å²) < 4.78 is 30.0. The van der Waals surface area contributed by atoms with Crippen molar-refractivity contribution in [3.05, 3.63) is 101 Å². The lowest BCUT2D eigenvalue weighted by Crippen LogP contribution is -2.43. The van der Waals surface area contributed by atoms with Crippen molar-refractivity contribution in [2.75, 3.05) is 23.3 Å². The summed E-state index contributed by atoms with van der Waals surface area (Å²) in [5.41, 5.74) is 3.17. The van der Waals surface area contributed by atoms with E-state index in [0.717, 1.165) is 28.2 Å². The first-order chi connectivity index (χ1) is 20.7. The summed E-state index contributed by atoms with van der Waals surface area (Å²) in [5.74, 6) is -1.86. The lowest BCUT2D eigenvalue weighted by Gasteiger charge is -2.31. The minimum Gasteiger partial charge on any atom is -0.353 e. The third-order valence-corrected chi connectivity index (χ3v) is 6.99. The van der Waals surface area contributed by atoms with Crippen molar-refractivity contribution < 1.29 is 18.4 Å². The van der Waals surface area contributed by atoms with Crippen molar-refractivity contribution >= 4 is 29.4 Å². The van der Waals surface area contributed by atoms with Crippen LogP contribution in [0.4, 0.5) is 31.0 Å². The Hall–Kier alpha value is -4.90. The first-order valence-electron chi connectivity index (χ1n) is 14.1. The van der Waals surface area contributed by atoms with Gasteiger partial charge in [-0.15, -0.1) is 0 Å². The standard InChI is InChI=1S/C32H33F2N7O2/c1-19(2)35-14-15-36-31-39-27(23-16-22(13-12-20(23)3)30(42)37-17-21-8-5-4-6-9-21)24-18-38-32(43)41(29(24)40-31)28-25(33)10-7-11-26(28)34/h4-13,16,19,35H,14-15,17-18H2,1-3H3,(H,37,42)(H,38,43)(H,36,39,40). The molecule has 0 unspecified atom stereocenters. The molecule has 0 atom stereocenters. The zero-order valence-electron chi connectivity index (χ0n) is 24.2. The minimum absolute atomic E-state index is 0.0229. The molecule has 0 spiro atoms. The van der Waals surface area contributed by atoms with E-state index in [0.29, 0.717) is 42.0 Å². The lowest BCUT2D eigenvalue weighted by molar-refractivity contribution is 0.0951. The van der Waals surface area contributed by atoms with Crippen molar-refractivity contribution in [3.63, 3.8) is 0 Å². The van der Waals surface area contributed by atoms with E-state index in [1.165, 1.54) is 6.07 Å². The summed E-state index contributed by atoms with van der Waals surface area (Å²) in [4.78, 5) is 36.5. The van der Waals surface area contributed by atoms with Gasteiger partial charge in [0.25, 0.3) is 5.91 Å². The molecule has 0 fully saturated rings. The van der Waals surface area contributed by atoms with Gasteiger partial charge in [-0.05, 0) is 42.3 Å². The maximum absolute atomic E-state index is 15.0. The second kappa shape index (κ2) is 13.0. The smallest absolute Gasteiger partial charge is 0.328 e. The summed E-state index contributed by atoms with van der Waals surface area (Å²) in [6.07, 6.45) is 0. The summed E-state index contributed by atoms with van der Waals surface area (Å²) in [5, 5.41) is 12.1. The van der Waals surface area contributed by atoms with Gasteiger partial charge in [0.05, 0.1) is 12.2 Å². The van der Waals surface area contributed by atoms with Gasteiger partial charge in [0.15, 0.2) is 5.82 Å². The Labute approximate surface area is 248 Å². The van der Waals surface area contributed by atoms with E-state index in [2.05, 4.69) is 26.3 Å². The summed E-state index contributed by atoms with van der Waals surface area (Å²) in [6, 6.07) is 17.8. The molecule has 0 saturated heterocycles. The number of aromatic nitrogens is 2. The maximum atomic E-state index is 15.0. The van der Waals surface area contributed by atoms with Gasteiger partial charge in [-0.3, -0.25) is 4.79 Å². The number of nitrogens with one attached hydrogen (secondary N) is 4. The zero-order valence-corrected chi connectivity index (χ0v) is 24.2. The third kappa shape index (κ3) is 6.62. The lowest BCUT2D eigenvalue weighted by atomic mass is 9.97. The van der Waals surface area contributed by atoms with Crippen LogP contribution in [0.2, 0.25) is 0 Å². The molecule has 9 nitrogen and oxygen atoms in total. The number of para-hydroxylation sites is 1. The molecule has 0 saturated carbocycles. The molecule has 0 aliphatic carbocycles. The van der Waals surface area contributed by atoms with Gasteiger partial charge in [-0.25, -0.2) is 23.5 Å². The first-order valence-corrected chi connectivity index (χ1v) is 14.1. The average Bonchev–Trinajstić information content (AvgIpc) is 2.99. The summed E-state index contributed by atoms with van der Waals surface area (Å²) >= 11 is 0. The molecule has 1 aliphatic rings. The predicted molar refractivity (Wildman–Crippen MR) is 162 cm³/mol. The van der Waals surface area contributed by atoms with Gasteiger partial charge in [-0.1, -0.05) is 56.3 Å². The third-order valence-electron chi connectivity index (χ3n) is 6.99. The van der Waals surface area contributed by atoms with Crippen LogP contribution in [0.3, 0.4) is 0 Å². The monoisotopic (exact) mass is 585 g/mol. The van der Waals surface area contributed by atoms with Crippen LogP contribution in [0.5, 0.6) is 0 Å². The Bertz CT molecular complexity index is 1630. The Morgan fingerprint density at radius 1 is 1.00 bits per heavy atom. The highest BCUT2D eigenvalue weighted by molar-refractivity contribution is 6.02. The number of rotatable bonds is 10. The van der Waals surface area contributed by atoms with Crippen LogP contribution in [0.1, 0.15) is 40.9 Å². The zero-order chi connectivity index (χ0) is 30.5. The van der Waals surface area contributed by atoms with Crippen molar-refractivity contribution in [1.82, 2.24) is 25.9 Å². The van der Waals surface area contributed by atoms with Crippen LogP contribution >= 0.6 is 0 Å². The second-order valence-electron chi connectivity index (χ2n) is 10.5. The highest BCUT2D eigenvalue weighted by Gasteiger charge is 2.34. The molecule has 43 heavy (non-hydrogen) atoms. The highest BCUT2D eigenvalue weighted by Crippen LogP contribution is 2.39. The topological polar surface area (TPSA) is 111 Å². The number of aryl methyl sites for hydroxylation is 1. The van der Waals surface area contributed by atoms with Crippen molar-refractivity contribution in [2.45, 2.75) is 39.9 Å². The minimum atomic E-state index is -0.910. The van der Waals surface area contributed by atoms with Crippen LogP contribution in [0.15, 0.2) is 66.7 Å². The molecular weight excluding hydrogens is 552 g/mol. The Balaban J connectivity index is 1.58. The van der Waals surface area contributed by atoms with Gasteiger partial charge >= 0.3 is 6.03 Å². The molecule has 1 aromatic heterocycles. The molecule has 5 rings (SSSR count). The second-order valence-corrected chi connectivity index (χ2v) is 10.5. The molecular formula is C32H33F2N7O2. The largest absolute Gasteiger partial charge is 0.353 e. The number of hydrogen-bond donors (Lipinski definition) is 4. The Morgan fingerprint density at radius 2 is 1.74 bits per heavy atom. The van der Waals surface area contributed by atoms with Gasteiger partial charge in [0.1, 0.15) is 17.3 Å². The normalized spacial score (nSPS) is 12.6. The number of carbonyl (C=O) groups excluding carboxylic acids is 2. The molecule has 2 heterocycles. The Morgan fingerprint density at radius 3 is 2.47 bits per heavy atom. The maximum Gasteiger partial charge on any atom is 0.328 e. The SMILES string of the molecule is Cc1ccc(C(=O)NCc2ccccc2)cc1-c1nc(NCCNC(C)C)nc2c1CNC(=O)N2c1c(F)cccc1F. The van der Waals surface area contributed by atoms with Gasteiger partial charge in [0.2, 0.25) is 5.95 Å². The fraction of sp³-hybridized carbons (Fsp3) is 0.250. The fourth-order valence-corrected chi connectivity index (χ4v) is 4.80. The Kier molecular flexibility index (Phi) is 8.91. The van der Waals surface area contributed by atoms with E-state index in [9.17, 15) is 18.4 Å². The molecule has 4 aromatic rings. The number of fused-ring (bicyclic) bond motifs is 1. The number of halogens is 2. The highest BCUT2D eigenvalue weighted by atomic mass is 19.1. The number of benzene rings is 3. The number of anilines is 3. The van der Waals surface area contributed by atoms with Crippen LogP contribution in [-0.2, 0) is 13.1 Å². The summed E-state index contributed by atoms with van der Waals surface area (Å²) in [6.45, 7) is 7.38. The number of urea groups is 1. The molecule has 11 heteroatoms. The summed E-state index contributed by atoms with van der Waals surface area (Å²) in [7, 11) is 0. The van der Waals surface area contributed by atoms with E-state index >= 15 is 0 Å². The van der Waals surface area contributed by atoms with Gasteiger partial charge < -0.3 is 21.3 Å². The fourth-order valence-electron chi connectivity index (χ4n) is 4.80. The van der Waals surface area contributed by atoms with Crippen molar-refractivity contribution in [2.24, 2.45) is 0 Å². The van der Waals surface area contributed by atoms with E-state index in [4.69, 9.17) is 4.98 Å². The van der Waals surface area contributed by atoms with E-state index in [-0.39, 0.29) is 30.3 Å². The number of nitrogens with zero attached hydrogens (tertiary/aromatic N) is 3. The van der Waals surface area contributed by atoms with Crippen LogP contribution in [0, 0.1) is 18.6 Å². The van der Waals surface area contributed by atoms with Crippen LogP contribution in [-0.4, -0.2) is 41.0 Å². The van der Waals surface area contributed by atoms with Crippen molar-refractivity contribution in [3.8, 4) is 11.3 Å². The molecule has 3 aromatic carbocycles. The first kappa shape index (κ1) is 29.6. The average molecular weight is 586 g/mol. The van der Waals surface area contributed by atoms with Gasteiger partial charge in [-0.2, -0.15) is 4.98 Å². The quantitative estimate of drug-likeness (QED) is 0.185. The van der Waals surface area contributed by atoms with Crippen molar-refractivity contribution in [1.29, 1.82) is 0 Å². The molecule has 222 valence electrons. The van der Waals surface area contributed by atoms with Gasteiger partial charge in [0, 0.05) is 42.4 Å². The molecule has 0 bridgehead atoms. The predicted octanol–water partition coefficient (Wildman–Crippen LogP) is 5.43. The van der Waals surface area contributed by atoms with E-state index < -0.39 is 23.4 Å². The van der Waals surface area contributed by atoms with E-state index in [1.807, 2.05) is 57.2 Å². The molecule has 4 N–H and O–H groups in total.